The number of fused-ring (bicyclic) bond motifs is 1. The molecule has 0 bridgehead atoms. The SMILES string of the molecule is CC(C)(C)OC(=O)N1CCc2nccc(OC3CCNCC3)c2C1CCCN1CC2(CCCO2)C1. The van der Waals surface area contributed by atoms with Crippen molar-refractivity contribution < 1.29 is 19.0 Å². The zero-order valence-corrected chi connectivity index (χ0v) is 21.7. The van der Waals surface area contributed by atoms with Crippen LogP contribution in [0.5, 0.6) is 5.75 Å². The third-order valence-corrected chi connectivity index (χ3v) is 7.70. The highest BCUT2D eigenvalue weighted by molar-refractivity contribution is 5.70. The second-order valence-electron chi connectivity index (χ2n) is 11.7. The Morgan fingerprint density at radius 1 is 1.29 bits per heavy atom. The number of aromatic nitrogens is 1. The molecule has 3 saturated heterocycles. The average Bonchev–Trinajstić information content (AvgIpc) is 3.28. The number of nitrogens with zero attached hydrogens (tertiary/aromatic N) is 3. The fourth-order valence-corrected chi connectivity index (χ4v) is 6.06. The van der Waals surface area contributed by atoms with Crippen LogP contribution in [0.25, 0.3) is 0 Å². The number of nitrogens with one attached hydrogen (secondary N) is 1. The Kier molecular flexibility index (Phi) is 7.24. The number of carbonyl (C=O) groups excluding carboxylic acids is 1. The van der Waals surface area contributed by atoms with E-state index in [2.05, 4.69) is 10.2 Å². The molecular weight excluding hydrogens is 444 g/mol. The lowest BCUT2D eigenvalue weighted by atomic mass is 9.89. The van der Waals surface area contributed by atoms with Crippen molar-refractivity contribution in [3.05, 3.63) is 23.5 Å². The van der Waals surface area contributed by atoms with Crippen LogP contribution in [0, 0.1) is 0 Å². The third kappa shape index (κ3) is 5.75. The zero-order valence-electron chi connectivity index (χ0n) is 21.7. The Labute approximate surface area is 209 Å². The highest BCUT2D eigenvalue weighted by atomic mass is 16.6. The summed E-state index contributed by atoms with van der Waals surface area (Å²) in [5.74, 6) is 0.891. The van der Waals surface area contributed by atoms with Gasteiger partial charge >= 0.3 is 6.09 Å². The van der Waals surface area contributed by atoms with Gasteiger partial charge in [0.1, 0.15) is 17.5 Å². The van der Waals surface area contributed by atoms with Crippen LogP contribution in [0.2, 0.25) is 0 Å². The summed E-state index contributed by atoms with van der Waals surface area (Å²) >= 11 is 0. The summed E-state index contributed by atoms with van der Waals surface area (Å²) in [4.78, 5) is 22.4. The topological polar surface area (TPSA) is 76.2 Å². The van der Waals surface area contributed by atoms with Crippen LogP contribution in [0.3, 0.4) is 0 Å². The van der Waals surface area contributed by atoms with E-state index in [0.29, 0.717) is 6.54 Å². The van der Waals surface area contributed by atoms with E-state index in [1.807, 2.05) is 37.9 Å². The van der Waals surface area contributed by atoms with E-state index in [4.69, 9.17) is 19.2 Å². The molecule has 194 valence electrons. The Morgan fingerprint density at radius 3 is 2.80 bits per heavy atom. The van der Waals surface area contributed by atoms with Gasteiger partial charge in [-0.25, -0.2) is 4.79 Å². The second kappa shape index (κ2) is 10.2. The van der Waals surface area contributed by atoms with Gasteiger partial charge in [-0.15, -0.1) is 0 Å². The molecule has 5 rings (SSSR count). The van der Waals surface area contributed by atoms with Gasteiger partial charge in [0.15, 0.2) is 0 Å². The van der Waals surface area contributed by atoms with Crippen molar-refractivity contribution in [3.8, 4) is 5.75 Å². The standard InChI is InChI=1S/C27H42N4O4/c1-26(2,3)35-25(32)31-16-10-21-24(23(9-14-29-21)34-20-7-12-28-13-8-20)22(31)6-4-15-30-18-27(19-30)11-5-17-33-27/h9,14,20,22,28H,4-8,10-13,15-19H2,1-3H3. The molecule has 3 fully saturated rings. The van der Waals surface area contributed by atoms with Crippen LogP contribution in [0.4, 0.5) is 4.79 Å². The minimum absolute atomic E-state index is 0.0861. The number of hydrogen-bond donors (Lipinski definition) is 1. The second-order valence-corrected chi connectivity index (χ2v) is 11.7. The number of piperidine rings is 1. The zero-order chi connectivity index (χ0) is 24.5. The minimum Gasteiger partial charge on any atom is -0.490 e. The van der Waals surface area contributed by atoms with E-state index in [1.54, 1.807) is 0 Å². The molecule has 5 heterocycles. The van der Waals surface area contributed by atoms with Crippen LogP contribution in [-0.2, 0) is 15.9 Å². The van der Waals surface area contributed by atoms with Crippen molar-refractivity contribution >= 4 is 6.09 Å². The van der Waals surface area contributed by atoms with Crippen LogP contribution < -0.4 is 10.1 Å². The highest BCUT2D eigenvalue weighted by Crippen LogP contribution is 2.40. The van der Waals surface area contributed by atoms with Gasteiger partial charge in [0, 0.05) is 44.4 Å². The van der Waals surface area contributed by atoms with Crippen LogP contribution in [0.1, 0.15) is 76.6 Å². The first kappa shape index (κ1) is 24.8. The van der Waals surface area contributed by atoms with Gasteiger partial charge in [-0.3, -0.25) is 9.88 Å². The minimum atomic E-state index is -0.529. The first-order valence-electron chi connectivity index (χ1n) is 13.5. The van der Waals surface area contributed by atoms with Crippen molar-refractivity contribution in [2.45, 2.75) is 89.1 Å². The van der Waals surface area contributed by atoms with E-state index in [-0.39, 0.29) is 23.8 Å². The molecule has 0 aromatic carbocycles. The smallest absolute Gasteiger partial charge is 0.410 e. The molecule has 1 spiro atoms. The largest absolute Gasteiger partial charge is 0.490 e. The fourth-order valence-electron chi connectivity index (χ4n) is 6.06. The summed E-state index contributed by atoms with van der Waals surface area (Å²) in [6.07, 6.45) is 8.77. The first-order valence-corrected chi connectivity index (χ1v) is 13.5. The maximum absolute atomic E-state index is 13.3. The molecule has 1 aromatic heterocycles. The molecule has 0 radical (unpaired) electrons. The van der Waals surface area contributed by atoms with Crippen molar-refractivity contribution in [2.75, 3.05) is 45.9 Å². The summed E-state index contributed by atoms with van der Waals surface area (Å²) in [6, 6.07) is 1.90. The van der Waals surface area contributed by atoms with Gasteiger partial charge in [-0.05, 0) is 85.0 Å². The van der Waals surface area contributed by atoms with Crippen molar-refractivity contribution in [2.24, 2.45) is 0 Å². The van der Waals surface area contributed by atoms with E-state index < -0.39 is 5.60 Å². The molecule has 8 nitrogen and oxygen atoms in total. The third-order valence-electron chi connectivity index (χ3n) is 7.70. The summed E-state index contributed by atoms with van der Waals surface area (Å²) < 4.78 is 18.4. The maximum atomic E-state index is 13.3. The molecule has 1 amide bonds. The van der Waals surface area contributed by atoms with Crippen LogP contribution in [-0.4, -0.2) is 84.1 Å². The summed E-state index contributed by atoms with van der Waals surface area (Å²) in [5.41, 5.74) is 1.74. The predicted molar refractivity (Wildman–Crippen MR) is 134 cm³/mol. The van der Waals surface area contributed by atoms with Crippen LogP contribution >= 0.6 is 0 Å². The van der Waals surface area contributed by atoms with Gasteiger partial charge in [0.05, 0.1) is 17.3 Å². The number of pyridine rings is 1. The lowest BCUT2D eigenvalue weighted by Gasteiger charge is -2.47. The average molecular weight is 487 g/mol. The number of likely N-dealkylation sites (tertiary alicyclic amines) is 1. The highest BCUT2D eigenvalue weighted by Gasteiger charge is 2.46. The van der Waals surface area contributed by atoms with Gasteiger partial charge in [-0.2, -0.15) is 0 Å². The van der Waals surface area contributed by atoms with Crippen LogP contribution in [0.15, 0.2) is 12.3 Å². The molecule has 1 atom stereocenters. The molecule has 4 aliphatic heterocycles. The van der Waals surface area contributed by atoms with Crippen molar-refractivity contribution in [1.29, 1.82) is 0 Å². The number of carbonyl (C=O) groups is 1. The van der Waals surface area contributed by atoms with Gasteiger partial charge < -0.3 is 24.4 Å². The Morgan fingerprint density at radius 2 is 2.09 bits per heavy atom. The predicted octanol–water partition coefficient (Wildman–Crippen LogP) is 3.69. The van der Waals surface area contributed by atoms with E-state index in [9.17, 15) is 4.79 Å². The van der Waals surface area contributed by atoms with E-state index >= 15 is 0 Å². The molecule has 0 saturated carbocycles. The molecule has 1 aromatic rings. The lowest BCUT2D eigenvalue weighted by Crippen LogP contribution is -2.61. The van der Waals surface area contributed by atoms with Crippen molar-refractivity contribution in [1.82, 2.24) is 20.1 Å². The van der Waals surface area contributed by atoms with E-state index in [1.165, 1.54) is 12.8 Å². The molecule has 35 heavy (non-hydrogen) atoms. The number of ether oxygens (including phenoxy) is 3. The number of hydrogen-bond acceptors (Lipinski definition) is 7. The lowest BCUT2D eigenvalue weighted by molar-refractivity contribution is -0.111. The van der Waals surface area contributed by atoms with E-state index in [0.717, 1.165) is 88.4 Å². The Bertz CT molecular complexity index is 882. The van der Waals surface area contributed by atoms with Gasteiger partial charge in [0.2, 0.25) is 0 Å². The summed E-state index contributed by atoms with van der Waals surface area (Å²) in [5, 5.41) is 3.41. The molecule has 0 aliphatic carbocycles. The summed E-state index contributed by atoms with van der Waals surface area (Å²) in [6.45, 7) is 12.4. The number of rotatable bonds is 6. The molecule has 1 unspecified atom stereocenters. The van der Waals surface area contributed by atoms with Crippen molar-refractivity contribution in [3.63, 3.8) is 0 Å². The molecular formula is C27H42N4O4. The van der Waals surface area contributed by atoms with Gasteiger partial charge in [-0.1, -0.05) is 0 Å². The van der Waals surface area contributed by atoms with Gasteiger partial charge in [0.25, 0.3) is 0 Å². The normalized spacial score (nSPS) is 24.8. The quantitative estimate of drug-likeness (QED) is 0.657. The number of amides is 1. The monoisotopic (exact) mass is 486 g/mol. The maximum Gasteiger partial charge on any atom is 0.410 e. The Balaban J connectivity index is 1.32. The summed E-state index contributed by atoms with van der Waals surface area (Å²) in [7, 11) is 0. The Hall–Kier alpha value is -1.90. The fraction of sp³-hybridized carbons (Fsp3) is 0.778. The molecule has 8 heteroatoms. The first-order chi connectivity index (χ1) is 16.8. The molecule has 4 aliphatic rings. The molecule has 1 N–H and O–H groups in total.